The van der Waals surface area contributed by atoms with Crippen molar-refractivity contribution in [3.05, 3.63) is 0 Å². The van der Waals surface area contributed by atoms with Crippen LogP contribution in [-0.2, 0) is 9.59 Å². The zero-order valence-electron chi connectivity index (χ0n) is 6.49. The third-order valence-corrected chi connectivity index (χ3v) is 1.77. The summed E-state index contributed by atoms with van der Waals surface area (Å²) in [7, 11) is 0. The first-order valence-corrected chi connectivity index (χ1v) is 4.06. The van der Waals surface area contributed by atoms with Gasteiger partial charge in [0.2, 0.25) is 0 Å². The van der Waals surface area contributed by atoms with Gasteiger partial charge in [-0.1, -0.05) is 6.42 Å². The predicted molar refractivity (Wildman–Crippen MR) is 43.4 cm³/mol. The van der Waals surface area contributed by atoms with E-state index in [4.69, 9.17) is 21.8 Å². The third kappa shape index (κ3) is 5.97. The molecule has 0 bridgehead atoms. The van der Waals surface area contributed by atoms with Gasteiger partial charge in [0.15, 0.2) is 0 Å². The van der Waals surface area contributed by atoms with Crippen molar-refractivity contribution in [1.82, 2.24) is 0 Å². The number of hydrogen-bond donors (Lipinski definition) is 2. The lowest BCUT2D eigenvalue weighted by molar-refractivity contribution is -0.137. The van der Waals surface area contributed by atoms with Gasteiger partial charge in [-0.3, -0.25) is 9.59 Å². The number of alkyl halides is 1. The van der Waals surface area contributed by atoms with E-state index >= 15 is 0 Å². The molecule has 0 aromatic carbocycles. The molecule has 0 heterocycles. The second-order valence-corrected chi connectivity index (χ2v) is 2.97. The van der Waals surface area contributed by atoms with Gasteiger partial charge in [0.05, 0.1) is 0 Å². The number of unbranched alkanes of at least 4 members (excludes halogenated alkanes) is 1. The maximum absolute atomic E-state index is 10.2. The number of carboxylic acid groups (broad SMARTS) is 2. The van der Waals surface area contributed by atoms with E-state index in [1.807, 2.05) is 0 Å². The normalized spacial score (nSPS) is 12.4. The fraction of sp³-hybridized carbons (Fsp3) is 0.714. The Morgan fingerprint density at radius 3 is 2.25 bits per heavy atom. The average molecular weight is 195 g/mol. The molecule has 70 valence electrons. The average Bonchev–Trinajstić information content (AvgIpc) is 1.97. The van der Waals surface area contributed by atoms with Crippen molar-refractivity contribution in [2.45, 2.75) is 31.1 Å². The maximum Gasteiger partial charge on any atom is 0.321 e. The first-order valence-electron chi connectivity index (χ1n) is 3.62. The van der Waals surface area contributed by atoms with E-state index in [0.717, 1.165) is 0 Å². The van der Waals surface area contributed by atoms with Crippen molar-refractivity contribution in [1.29, 1.82) is 0 Å². The second kappa shape index (κ2) is 5.83. The lowest BCUT2D eigenvalue weighted by Crippen LogP contribution is -2.12. The van der Waals surface area contributed by atoms with Crippen molar-refractivity contribution in [3.63, 3.8) is 0 Å². The Hall–Kier alpha value is -0.770. The van der Waals surface area contributed by atoms with Crippen LogP contribution in [-0.4, -0.2) is 27.5 Å². The Morgan fingerprint density at radius 1 is 1.25 bits per heavy atom. The summed E-state index contributed by atoms with van der Waals surface area (Å²) in [6, 6.07) is 0. The summed E-state index contributed by atoms with van der Waals surface area (Å²) in [6.45, 7) is 0. The van der Waals surface area contributed by atoms with E-state index in [2.05, 4.69) is 0 Å². The minimum atomic E-state index is -1.05. The molecule has 2 N–H and O–H groups in total. The van der Waals surface area contributed by atoms with Crippen LogP contribution in [0.5, 0.6) is 0 Å². The van der Waals surface area contributed by atoms with Gasteiger partial charge in [0, 0.05) is 6.42 Å². The van der Waals surface area contributed by atoms with Gasteiger partial charge in [-0.2, -0.15) is 0 Å². The van der Waals surface area contributed by atoms with E-state index in [1.54, 1.807) is 0 Å². The van der Waals surface area contributed by atoms with E-state index in [0.29, 0.717) is 19.3 Å². The van der Waals surface area contributed by atoms with Crippen molar-refractivity contribution in [2.24, 2.45) is 0 Å². The Kier molecular flexibility index (Phi) is 5.45. The topological polar surface area (TPSA) is 74.6 Å². The summed E-state index contributed by atoms with van der Waals surface area (Å²) >= 11 is 5.38. The van der Waals surface area contributed by atoms with E-state index in [9.17, 15) is 9.59 Å². The molecule has 1 atom stereocenters. The van der Waals surface area contributed by atoms with Gasteiger partial charge in [-0.05, 0) is 12.8 Å². The summed E-state index contributed by atoms with van der Waals surface area (Å²) in [6.07, 6.45) is 1.41. The van der Waals surface area contributed by atoms with E-state index < -0.39 is 17.3 Å². The highest BCUT2D eigenvalue weighted by Gasteiger charge is 2.12. The van der Waals surface area contributed by atoms with E-state index in [-0.39, 0.29) is 6.42 Å². The predicted octanol–water partition coefficient (Wildman–Crippen LogP) is 1.32. The molecule has 0 rings (SSSR count). The highest BCUT2D eigenvalue weighted by atomic mass is 35.5. The molecule has 12 heavy (non-hydrogen) atoms. The van der Waals surface area contributed by atoms with E-state index in [1.165, 1.54) is 0 Å². The molecule has 0 saturated carbocycles. The van der Waals surface area contributed by atoms with Crippen molar-refractivity contribution in [2.75, 3.05) is 0 Å². The first-order chi connectivity index (χ1) is 5.54. The first kappa shape index (κ1) is 11.2. The zero-order valence-corrected chi connectivity index (χ0v) is 7.25. The molecule has 0 aliphatic heterocycles. The summed E-state index contributed by atoms with van der Waals surface area (Å²) in [5.41, 5.74) is 0. The monoisotopic (exact) mass is 194 g/mol. The summed E-state index contributed by atoms with van der Waals surface area (Å²) < 4.78 is 0. The molecule has 1 unspecified atom stereocenters. The molecule has 0 aliphatic rings. The van der Waals surface area contributed by atoms with Crippen LogP contribution in [0.2, 0.25) is 0 Å². The summed E-state index contributed by atoms with van der Waals surface area (Å²) in [5, 5.41) is 15.7. The third-order valence-electron chi connectivity index (χ3n) is 1.37. The molecular formula is C7H11ClO4. The van der Waals surface area contributed by atoms with Crippen LogP contribution < -0.4 is 0 Å². The SMILES string of the molecule is O=C(O)CCCCC(Cl)C(=O)O. The number of carboxylic acids is 2. The molecule has 0 radical (unpaired) electrons. The Bertz CT molecular complexity index is 169. The van der Waals surface area contributed by atoms with Gasteiger partial charge >= 0.3 is 11.9 Å². The Labute approximate surface area is 75.1 Å². The largest absolute Gasteiger partial charge is 0.481 e. The van der Waals surface area contributed by atoms with Crippen LogP contribution in [0.25, 0.3) is 0 Å². The number of rotatable bonds is 6. The molecule has 0 aromatic rings. The molecule has 0 spiro atoms. The van der Waals surface area contributed by atoms with Crippen molar-refractivity contribution in [3.8, 4) is 0 Å². The van der Waals surface area contributed by atoms with Crippen molar-refractivity contribution < 1.29 is 19.8 Å². The molecule has 0 saturated heterocycles. The minimum absolute atomic E-state index is 0.0726. The van der Waals surface area contributed by atoms with Gasteiger partial charge in [-0.15, -0.1) is 11.6 Å². The van der Waals surface area contributed by atoms with Crippen LogP contribution >= 0.6 is 11.6 Å². The van der Waals surface area contributed by atoms with Crippen LogP contribution in [0.1, 0.15) is 25.7 Å². The summed E-state index contributed by atoms with van der Waals surface area (Å²) in [4.78, 5) is 20.2. The highest BCUT2D eigenvalue weighted by molar-refractivity contribution is 6.29. The molecule has 0 fully saturated rings. The molecule has 4 nitrogen and oxygen atoms in total. The molecule has 5 heteroatoms. The molecule has 0 aromatic heterocycles. The lowest BCUT2D eigenvalue weighted by Gasteiger charge is -2.01. The summed E-state index contributed by atoms with van der Waals surface area (Å²) in [5.74, 6) is -1.91. The molecular weight excluding hydrogens is 184 g/mol. The quantitative estimate of drug-likeness (QED) is 0.494. The van der Waals surface area contributed by atoms with Crippen LogP contribution in [0.4, 0.5) is 0 Å². The van der Waals surface area contributed by atoms with Crippen LogP contribution in [0, 0.1) is 0 Å². The van der Waals surface area contributed by atoms with Crippen molar-refractivity contribution >= 4 is 23.5 Å². The fourth-order valence-electron chi connectivity index (χ4n) is 0.723. The highest BCUT2D eigenvalue weighted by Crippen LogP contribution is 2.08. The number of carbonyl (C=O) groups is 2. The Balaban J connectivity index is 3.31. The standard InChI is InChI=1S/C7H11ClO4/c8-5(7(11)12)3-1-2-4-6(9)10/h5H,1-4H2,(H,9,10)(H,11,12). The van der Waals surface area contributed by atoms with Crippen LogP contribution in [0.15, 0.2) is 0 Å². The number of aliphatic carboxylic acids is 2. The number of halogens is 1. The molecule has 0 aliphatic carbocycles. The second-order valence-electron chi connectivity index (χ2n) is 2.45. The van der Waals surface area contributed by atoms with Gasteiger partial charge in [0.1, 0.15) is 5.38 Å². The zero-order chi connectivity index (χ0) is 9.56. The van der Waals surface area contributed by atoms with Crippen LogP contribution in [0.3, 0.4) is 0 Å². The Morgan fingerprint density at radius 2 is 1.83 bits per heavy atom. The smallest absolute Gasteiger partial charge is 0.321 e. The fourth-order valence-corrected chi connectivity index (χ4v) is 0.878. The van der Waals surface area contributed by atoms with Gasteiger partial charge in [-0.25, -0.2) is 0 Å². The lowest BCUT2D eigenvalue weighted by atomic mass is 10.1. The number of hydrogen-bond acceptors (Lipinski definition) is 2. The minimum Gasteiger partial charge on any atom is -0.481 e. The van der Waals surface area contributed by atoms with Gasteiger partial charge < -0.3 is 10.2 Å². The molecule has 0 amide bonds. The van der Waals surface area contributed by atoms with Gasteiger partial charge in [0.25, 0.3) is 0 Å². The maximum atomic E-state index is 10.2.